The molecular formula is C16H26N2O. The molecule has 1 saturated heterocycles. The number of benzene rings is 1. The number of ether oxygens (including phenoxy) is 1. The zero-order valence-electron chi connectivity index (χ0n) is 12.1. The molecule has 0 aromatic heterocycles. The maximum Gasteiger partial charge on any atom is 0.0507 e. The summed E-state index contributed by atoms with van der Waals surface area (Å²) in [6.07, 6.45) is 3.49. The van der Waals surface area contributed by atoms with Gasteiger partial charge < -0.3 is 15.4 Å². The lowest BCUT2D eigenvalue weighted by molar-refractivity contribution is 0.143. The molecule has 0 saturated carbocycles. The first-order valence-electron chi connectivity index (χ1n) is 7.34. The van der Waals surface area contributed by atoms with E-state index >= 15 is 0 Å². The van der Waals surface area contributed by atoms with Gasteiger partial charge in [-0.3, -0.25) is 0 Å². The van der Waals surface area contributed by atoms with Crippen molar-refractivity contribution in [3.63, 3.8) is 0 Å². The van der Waals surface area contributed by atoms with Gasteiger partial charge >= 0.3 is 0 Å². The number of hydrogen-bond donors (Lipinski definition) is 1. The van der Waals surface area contributed by atoms with Gasteiger partial charge in [-0.2, -0.15) is 0 Å². The minimum absolute atomic E-state index is 0.138. The van der Waals surface area contributed by atoms with Crippen molar-refractivity contribution in [2.75, 3.05) is 31.7 Å². The molecule has 0 bridgehead atoms. The maximum absolute atomic E-state index is 6.24. The van der Waals surface area contributed by atoms with Crippen molar-refractivity contribution >= 4 is 5.69 Å². The first kappa shape index (κ1) is 14.4. The Labute approximate surface area is 116 Å². The third-order valence-electron chi connectivity index (χ3n) is 4.04. The van der Waals surface area contributed by atoms with Crippen molar-refractivity contribution in [2.45, 2.75) is 32.2 Å². The smallest absolute Gasteiger partial charge is 0.0507 e. The van der Waals surface area contributed by atoms with Crippen LogP contribution in [0, 0.1) is 5.92 Å². The lowest BCUT2D eigenvalue weighted by atomic mass is 9.96. The zero-order chi connectivity index (χ0) is 13.7. The third-order valence-corrected chi connectivity index (χ3v) is 4.04. The lowest BCUT2D eigenvalue weighted by Gasteiger charge is -2.36. The monoisotopic (exact) mass is 262 g/mol. The van der Waals surface area contributed by atoms with Gasteiger partial charge in [0.2, 0.25) is 0 Å². The Hall–Kier alpha value is -1.06. The molecule has 0 radical (unpaired) electrons. The fourth-order valence-corrected chi connectivity index (χ4v) is 2.96. The van der Waals surface area contributed by atoms with Gasteiger partial charge in [0.05, 0.1) is 6.61 Å². The van der Waals surface area contributed by atoms with Crippen molar-refractivity contribution in [1.29, 1.82) is 0 Å². The van der Waals surface area contributed by atoms with E-state index in [1.807, 2.05) is 0 Å². The number of nitrogens with two attached hydrogens (primary N) is 1. The molecule has 0 aliphatic carbocycles. The van der Waals surface area contributed by atoms with Crippen LogP contribution in [0.5, 0.6) is 0 Å². The Balaban J connectivity index is 2.16. The van der Waals surface area contributed by atoms with Gasteiger partial charge in [0.1, 0.15) is 0 Å². The van der Waals surface area contributed by atoms with Crippen LogP contribution >= 0.6 is 0 Å². The molecule has 3 heteroatoms. The number of piperidine rings is 1. The third kappa shape index (κ3) is 3.48. The fraction of sp³-hybridized carbons (Fsp3) is 0.625. The van der Waals surface area contributed by atoms with E-state index in [1.54, 1.807) is 7.11 Å². The Kier molecular flexibility index (Phi) is 5.23. The van der Waals surface area contributed by atoms with Crippen molar-refractivity contribution < 1.29 is 4.74 Å². The minimum Gasteiger partial charge on any atom is -0.384 e. The Morgan fingerprint density at radius 3 is 2.95 bits per heavy atom. The van der Waals surface area contributed by atoms with Gasteiger partial charge in [-0.05, 0) is 36.8 Å². The molecular weight excluding hydrogens is 236 g/mol. The molecule has 1 heterocycles. The molecule has 0 spiro atoms. The SMILES string of the molecule is CCC(N)c1ccccc1N1CCCC(COC)C1. The molecule has 0 amide bonds. The van der Waals surface area contributed by atoms with Crippen molar-refractivity contribution in [3.8, 4) is 0 Å². The van der Waals surface area contributed by atoms with E-state index in [-0.39, 0.29) is 6.04 Å². The van der Waals surface area contributed by atoms with Crippen LogP contribution in [0.2, 0.25) is 0 Å². The van der Waals surface area contributed by atoms with Crippen LogP contribution in [0.1, 0.15) is 37.8 Å². The average Bonchev–Trinajstić information content (AvgIpc) is 2.47. The first-order chi connectivity index (χ1) is 9.26. The summed E-state index contributed by atoms with van der Waals surface area (Å²) in [6.45, 7) is 5.22. The summed E-state index contributed by atoms with van der Waals surface area (Å²) in [6, 6.07) is 8.72. The molecule has 1 aliphatic rings. The molecule has 1 aliphatic heterocycles. The van der Waals surface area contributed by atoms with Crippen molar-refractivity contribution in [3.05, 3.63) is 29.8 Å². The molecule has 2 unspecified atom stereocenters. The van der Waals surface area contributed by atoms with Crippen LogP contribution < -0.4 is 10.6 Å². The van der Waals surface area contributed by atoms with Gasteiger partial charge in [0, 0.05) is 31.9 Å². The van der Waals surface area contributed by atoms with E-state index in [0.29, 0.717) is 5.92 Å². The molecule has 1 aromatic carbocycles. The zero-order valence-corrected chi connectivity index (χ0v) is 12.1. The summed E-state index contributed by atoms with van der Waals surface area (Å²) in [5.41, 5.74) is 8.84. The van der Waals surface area contributed by atoms with E-state index in [0.717, 1.165) is 26.1 Å². The number of nitrogens with zero attached hydrogens (tertiary/aromatic N) is 1. The topological polar surface area (TPSA) is 38.5 Å². The highest BCUT2D eigenvalue weighted by Crippen LogP contribution is 2.30. The molecule has 1 aromatic rings. The summed E-state index contributed by atoms with van der Waals surface area (Å²) in [4.78, 5) is 2.48. The minimum atomic E-state index is 0.138. The van der Waals surface area contributed by atoms with E-state index in [1.165, 1.54) is 24.1 Å². The normalized spacial score (nSPS) is 21.4. The second kappa shape index (κ2) is 6.92. The number of para-hydroxylation sites is 1. The predicted octanol–water partition coefficient (Wildman–Crippen LogP) is 2.96. The number of hydrogen-bond acceptors (Lipinski definition) is 3. The average molecular weight is 262 g/mol. The summed E-state index contributed by atoms with van der Waals surface area (Å²) >= 11 is 0. The highest BCUT2D eigenvalue weighted by molar-refractivity contribution is 5.55. The maximum atomic E-state index is 6.24. The van der Waals surface area contributed by atoms with Gasteiger partial charge in [0.15, 0.2) is 0 Å². The summed E-state index contributed by atoms with van der Waals surface area (Å²) in [5, 5.41) is 0. The molecule has 19 heavy (non-hydrogen) atoms. The Bertz CT molecular complexity index is 392. The van der Waals surface area contributed by atoms with E-state index in [2.05, 4.69) is 36.1 Å². The van der Waals surface area contributed by atoms with Crippen molar-refractivity contribution in [2.24, 2.45) is 11.7 Å². The first-order valence-corrected chi connectivity index (χ1v) is 7.34. The Morgan fingerprint density at radius 1 is 1.42 bits per heavy atom. The van der Waals surface area contributed by atoms with Gasteiger partial charge in [-0.1, -0.05) is 25.1 Å². The van der Waals surface area contributed by atoms with Gasteiger partial charge in [0.25, 0.3) is 0 Å². The number of methoxy groups -OCH3 is 1. The number of rotatable bonds is 5. The second-order valence-electron chi connectivity index (χ2n) is 5.48. The van der Waals surface area contributed by atoms with Crippen LogP contribution in [0.25, 0.3) is 0 Å². The molecule has 106 valence electrons. The predicted molar refractivity (Wildman–Crippen MR) is 80.5 cm³/mol. The molecule has 2 N–H and O–H groups in total. The van der Waals surface area contributed by atoms with E-state index < -0.39 is 0 Å². The lowest BCUT2D eigenvalue weighted by Crippen LogP contribution is -2.38. The highest BCUT2D eigenvalue weighted by Gasteiger charge is 2.22. The van der Waals surface area contributed by atoms with Crippen LogP contribution in [0.15, 0.2) is 24.3 Å². The van der Waals surface area contributed by atoms with Crippen LogP contribution in [0.3, 0.4) is 0 Å². The summed E-state index contributed by atoms with van der Waals surface area (Å²) < 4.78 is 5.31. The molecule has 2 atom stereocenters. The standard InChI is InChI=1S/C16H26N2O/c1-3-15(17)14-8-4-5-9-16(14)18-10-6-7-13(11-18)12-19-2/h4-5,8-9,13,15H,3,6-7,10-12,17H2,1-2H3. The Morgan fingerprint density at radius 2 is 2.21 bits per heavy atom. The molecule has 2 rings (SSSR count). The summed E-state index contributed by atoms with van der Waals surface area (Å²) in [5.74, 6) is 0.643. The number of anilines is 1. The van der Waals surface area contributed by atoms with E-state index in [4.69, 9.17) is 10.5 Å². The van der Waals surface area contributed by atoms with E-state index in [9.17, 15) is 0 Å². The second-order valence-corrected chi connectivity index (χ2v) is 5.48. The highest BCUT2D eigenvalue weighted by atomic mass is 16.5. The van der Waals surface area contributed by atoms with Crippen LogP contribution in [-0.4, -0.2) is 26.8 Å². The van der Waals surface area contributed by atoms with Gasteiger partial charge in [-0.15, -0.1) is 0 Å². The fourth-order valence-electron chi connectivity index (χ4n) is 2.96. The van der Waals surface area contributed by atoms with Gasteiger partial charge in [-0.25, -0.2) is 0 Å². The largest absolute Gasteiger partial charge is 0.384 e. The quantitative estimate of drug-likeness (QED) is 0.886. The molecule has 1 fully saturated rings. The molecule has 3 nitrogen and oxygen atoms in total. The van der Waals surface area contributed by atoms with Crippen molar-refractivity contribution in [1.82, 2.24) is 0 Å². The van der Waals surface area contributed by atoms with Crippen LogP contribution in [0.4, 0.5) is 5.69 Å². The summed E-state index contributed by atoms with van der Waals surface area (Å²) in [7, 11) is 1.79. The van der Waals surface area contributed by atoms with Crippen LogP contribution in [-0.2, 0) is 4.74 Å².